The minimum Gasteiger partial charge on any atom is -0.346 e. The average Bonchev–Trinajstić information content (AvgIpc) is 3.43. The number of hydrogen-bond donors (Lipinski definition) is 1. The summed E-state index contributed by atoms with van der Waals surface area (Å²) in [5.74, 6) is 1.14. The highest BCUT2D eigenvalue weighted by molar-refractivity contribution is 7.98. The lowest BCUT2D eigenvalue weighted by atomic mass is 10.1. The predicted octanol–water partition coefficient (Wildman–Crippen LogP) is 4.46. The molecule has 2 heterocycles. The molecule has 0 radical (unpaired) electrons. The molecule has 0 bridgehead atoms. The van der Waals surface area contributed by atoms with Crippen LogP contribution in [-0.2, 0) is 11.0 Å². The standard InChI is InChI=1S/C21H21F3N4OS/c1-30-11-9-17(19-27-26-18-4-2-3-10-28(18)19)25-20(29)16-12-15(16)13-5-7-14(8-6-13)21(22,23)24/h2-8,10,15-17H,9,11-12H2,1H3,(H,25,29). The highest BCUT2D eigenvalue weighted by Crippen LogP contribution is 2.48. The van der Waals surface area contributed by atoms with Crippen molar-refractivity contribution in [1.82, 2.24) is 19.9 Å². The van der Waals surface area contributed by atoms with Gasteiger partial charge in [0.05, 0.1) is 11.6 Å². The molecule has 1 amide bonds. The number of pyridine rings is 1. The van der Waals surface area contributed by atoms with Gasteiger partial charge in [0.1, 0.15) is 0 Å². The van der Waals surface area contributed by atoms with Crippen LogP contribution in [0.3, 0.4) is 0 Å². The molecular weight excluding hydrogens is 413 g/mol. The maximum atomic E-state index is 12.9. The largest absolute Gasteiger partial charge is 0.416 e. The lowest BCUT2D eigenvalue weighted by Gasteiger charge is -2.17. The van der Waals surface area contributed by atoms with Crippen LogP contribution >= 0.6 is 11.8 Å². The third kappa shape index (κ3) is 4.30. The number of thioether (sulfide) groups is 1. The summed E-state index contributed by atoms with van der Waals surface area (Å²) in [5.41, 5.74) is 0.797. The van der Waals surface area contributed by atoms with Crippen molar-refractivity contribution < 1.29 is 18.0 Å². The normalized spacial score (nSPS) is 19.6. The fourth-order valence-electron chi connectivity index (χ4n) is 3.65. The van der Waals surface area contributed by atoms with Crippen molar-refractivity contribution in [3.8, 4) is 0 Å². The summed E-state index contributed by atoms with van der Waals surface area (Å²) in [6.07, 6.45) is 0.852. The van der Waals surface area contributed by atoms with Crippen LogP contribution in [0.2, 0.25) is 0 Å². The molecule has 0 saturated heterocycles. The van der Waals surface area contributed by atoms with Crippen molar-refractivity contribution in [3.05, 3.63) is 65.6 Å². The molecule has 5 nitrogen and oxygen atoms in total. The monoisotopic (exact) mass is 434 g/mol. The van der Waals surface area contributed by atoms with Crippen LogP contribution in [0.5, 0.6) is 0 Å². The van der Waals surface area contributed by atoms with E-state index >= 15 is 0 Å². The summed E-state index contributed by atoms with van der Waals surface area (Å²) in [4.78, 5) is 12.9. The van der Waals surface area contributed by atoms with Gasteiger partial charge in [-0.2, -0.15) is 24.9 Å². The van der Waals surface area contributed by atoms with Crippen molar-refractivity contribution >= 4 is 23.3 Å². The maximum absolute atomic E-state index is 12.9. The number of rotatable bonds is 7. The second-order valence-electron chi connectivity index (χ2n) is 7.40. The predicted molar refractivity (Wildman–Crippen MR) is 109 cm³/mol. The number of nitrogens with zero attached hydrogens (tertiary/aromatic N) is 3. The zero-order valence-corrected chi connectivity index (χ0v) is 17.1. The highest BCUT2D eigenvalue weighted by Gasteiger charge is 2.45. The Hall–Kier alpha value is -2.55. The molecule has 3 atom stereocenters. The number of benzene rings is 1. The molecule has 1 N–H and O–H groups in total. The van der Waals surface area contributed by atoms with Crippen LogP contribution < -0.4 is 5.32 Å². The SMILES string of the molecule is CSCCC(NC(=O)C1CC1c1ccc(C(F)(F)F)cc1)c1nnc2ccccn12. The van der Waals surface area contributed by atoms with Gasteiger partial charge in [-0.25, -0.2) is 0 Å². The van der Waals surface area contributed by atoms with Crippen molar-refractivity contribution in [3.63, 3.8) is 0 Å². The Morgan fingerprint density at radius 2 is 2.00 bits per heavy atom. The molecule has 1 aliphatic carbocycles. The smallest absolute Gasteiger partial charge is 0.346 e. The number of alkyl halides is 3. The van der Waals surface area contributed by atoms with E-state index in [1.807, 2.05) is 35.1 Å². The zero-order chi connectivity index (χ0) is 21.3. The molecule has 30 heavy (non-hydrogen) atoms. The van der Waals surface area contributed by atoms with Crippen LogP contribution in [0.15, 0.2) is 48.7 Å². The fraction of sp³-hybridized carbons (Fsp3) is 0.381. The van der Waals surface area contributed by atoms with Gasteiger partial charge in [-0.3, -0.25) is 9.20 Å². The van der Waals surface area contributed by atoms with E-state index in [0.29, 0.717) is 24.3 Å². The summed E-state index contributed by atoms with van der Waals surface area (Å²) < 4.78 is 40.1. The van der Waals surface area contributed by atoms with Crippen LogP contribution in [-0.4, -0.2) is 32.5 Å². The molecule has 4 rings (SSSR count). The minimum atomic E-state index is -4.36. The second kappa shape index (κ2) is 8.29. The number of halogens is 3. The van der Waals surface area contributed by atoms with Gasteiger partial charge in [0.2, 0.25) is 5.91 Å². The number of fused-ring (bicyclic) bond motifs is 1. The summed E-state index contributed by atoms with van der Waals surface area (Å²) in [6, 6.07) is 10.4. The van der Waals surface area contributed by atoms with Gasteiger partial charge in [-0.05, 0) is 60.6 Å². The molecule has 0 spiro atoms. The van der Waals surface area contributed by atoms with Gasteiger partial charge < -0.3 is 5.32 Å². The Kier molecular flexibility index (Phi) is 5.73. The van der Waals surface area contributed by atoms with Crippen LogP contribution in [0.25, 0.3) is 5.65 Å². The van der Waals surface area contributed by atoms with Crippen molar-refractivity contribution in [2.24, 2.45) is 5.92 Å². The van der Waals surface area contributed by atoms with Crippen molar-refractivity contribution in [2.45, 2.75) is 31.0 Å². The van der Waals surface area contributed by atoms with E-state index in [-0.39, 0.29) is 23.8 Å². The van der Waals surface area contributed by atoms with Gasteiger partial charge in [-0.1, -0.05) is 18.2 Å². The molecule has 2 aromatic heterocycles. The quantitative estimate of drug-likeness (QED) is 0.596. The Morgan fingerprint density at radius 1 is 1.23 bits per heavy atom. The average molecular weight is 434 g/mol. The second-order valence-corrected chi connectivity index (χ2v) is 8.38. The molecule has 1 aliphatic rings. The Bertz CT molecular complexity index is 1030. The summed E-state index contributed by atoms with van der Waals surface area (Å²) in [6.45, 7) is 0. The molecule has 158 valence electrons. The number of carbonyl (C=O) groups excluding carboxylic acids is 1. The van der Waals surface area contributed by atoms with Crippen LogP contribution in [0.1, 0.15) is 41.8 Å². The van der Waals surface area contributed by atoms with E-state index in [1.165, 1.54) is 12.1 Å². The van der Waals surface area contributed by atoms with E-state index in [0.717, 1.165) is 23.4 Å². The lowest BCUT2D eigenvalue weighted by molar-refractivity contribution is -0.137. The van der Waals surface area contributed by atoms with Crippen molar-refractivity contribution in [2.75, 3.05) is 12.0 Å². The summed E-state index contributed by atoms with van der Waals surface area (Å²) in [5, 5.41) is 11.5. The third-order valence-electron chi connectivity index (χ3n) is 5.37. The van der Waals surface area contributed by atoms with Gasteiger partial charge in [0.15, 0.2) is 11.5 Å². The number of hydrogen-bond acceptors (Lipinski definition) is 4. The first-order valence-electron chi connectivity index (χ1n) is 9.64. The minimum absolute atomic E-state index is 0.0522. The number of amides is 1. The number of aromatic nitrogens is 3. The lowest BCUT2D eigenvalue weighted by Crippen LogP contribution is -2.32. The molecule has 1 saturated carbocycles. The summed E-state index contributed by atoms with van der Waals surface area (Å²) in [7, 11) is 0. The van der Waals surface area contributed by atoms with E-state index in [4.69, 9.17) is 0 Å². The van der Waals surface area contributed by atoms with Crippen LogP contribution in [0, 0.1) is 5.92 Å². The molecule has 1 fully saturated rings. The number of nitrogens with one attached hydrogen (secondary N) is 1. The molecule has 3 aromatic rings. The Labute approximate surface area is 176 Å². The number of carbonyl (C=O) groups is 1. The highest BCUT2D eigenvalue weighted by atomic mass is 32.2. The summed E-state index contributed by atoms with van der Waals surface area (Å²) >= 11 is 1.68. The Morgan fingerprint density at radius 3 is 2.70 bits per heavy atom. The fourth-order valence-corrected chi connectivity index (χ4v) is 4.12. The van der Waals surface area contributed by atoms with Gasteiger partial charge >= 0.3 is 6.18 Å². The molecular formula is C21H21F3N4OS. The third-order valence-corrected chi connectivity index (χ3v) is 6.02. The van der Waals surface area contributed by atoms with E-state index < -0.39 is 11.7 Å². The van der Waals surface area contributed by atoms with E-state index in [2.05, 4.69) is 15.5 Å². The molecule has 0 aliphatic heterocycles. The first-order valence-corrected chi connectivity index (χ1v) is 11.0. The topological polar surface area (TPSA) is 59.3 Å². The zero-order valence-electron chi connectivity index (χ0n) is 16.3. The van der Waals surface area contributed by atoms with E-state index in [9.17, 15) is 18.0 Å². The van der Waals surface area contributed by atoms with Gasteiger partial charge in [0, 0.05) is 12.1 Å². The Balaban J connectivity index is 1.46. The maximum Gasteiger partial charge on any atom is 0.416 e. The molecule has 9 heteroatoms. The van der Waals surface area contributed by atoms with E-state index in [1.54, 1.807) is 11.8 Å². The molecule has 3 unspecified atom stereocenters. The van der Waals surface area contributed by atoms with Crippen LogP contribution in [0.4, 0.5) is 13.2 Å². The first kappa shape index (κ1) is 20.7. The first-order chi connectivity index (χ1) is 14.4. The van der Waals surface area contributed by atoms with Crippen molar-refractivity contribution in [1.29, 1.82) is 0 Å². The van der Waals surface area contributed by atoms with Gasteiger partial charge in [-0.15, -0.1) is 10.2 Å². The van der Waals surface area contributed by atoms with Gasteiger partial charge in [0.25, 0.3) is 0 Å². The molecule has 1 aromatic carbocycles.